The van der Waals surface area contributed by atoms with Gasteiger partial charge in [0, 0.05) is 37.8 Å². The molecule has 0 atom stereocenters. The molecule has 202 valence electrons. The number of carbonyl (C=O) groups is 1. The van der Waals surface area contributed by atoms with E-state index in [0.29, 0.717) is 38.1 Å². The van der Waals surface area contributed by atoms with Crippen molar-refractivity contribution in [3.63, 3.8) is 0 Å². The molecule has 1 amide bonds. The second-order valence-corrected chi connectivity index (χ2v) is 9.29. The van der Waals surface area contributed by atoms with Gasteiger partial charge in [-0.25, -0.2) is 14.8 Å². The second-order valence-electron chi connectivity index (χ2n) is 9.29. The highest BCUT2D eigenvalue weighted by atomic mass is 19.4. The number of anilines is 2. The van der Waals surface area contributed by atoms with Gasteiger partial charge in [-0.05, 0) is 39.0 Å². The largest absolute Gasteiger partial charge is 0.474 e. The topological polar surface area (TPSA) is 100 Å². The van der Waals surface area contributed by atoms with Gasteiger partial charge in [-0.2, -0.15) is 26.3 Å². The Hall–Kier alpha value is -3.58. The monoisotopic (exact) mass is 533 g/mol. The molecular weight excluding hydrogens is 508 g/mol. The number of hydrogen-bond acceptors (Lipinski definition) is 7. The van der Waals surface area contributed by atoms with E-state index in [4.69, 9.17) is 14.9 Å². The maximum absolute atomic E-state index is 13.2. The molecule has 8 nitrogen and oxygen atoms in total. The number of likely N-dealkylation sites (tertiary alicyclic amines) is 1. The van der Waals surface area contributed by atoms with Gasteiger partial charge < -0.3 is 25.1 Å². The molecule has 0 saturated carbocycles. The van der Waals surface area contributed by atoms with Crippen molar-refractivity contribution in [2.24, 2.45) is 0 Å². The normalized spacial score (nSPS) is 15.3. The van der Waals surface area contributed by atoms with Crippen LogP contribution in [-0.2, 0) is 17.1 Å². The number of nitrogens with one attached hydrogen (secondary N) is 2. The Balaban J connectivity index is 1.78. The third kappa shape index (κ3) is 7.46. The molecule has 2 aromatic rings. The average molecular weight is 533 g/mol. The molecule has 0 radical (unpaired) electrons. The smallest absolute Gasteiger partial charge is 0.416 e. The fourth-order valence-corrected chi connectivity index (χ4v) is 3.51. The number of amides is 1. The minimum absolute atomic E-state index is 0.0147. The number of benzene rings is 1. The predicted octanol–water partition coefficient (Wildman–Crippen LogP) is 6.03. The summed E-state index contributed by atoms with van der Waals surface area (Å²) in [4.78, 5) is 21.6. The predicted molar refractivity (Wildman–Crippen MR) is 121 cm³/mol. The standard InChI is InChI=1S/C23H25F6N5O3/c1-21(2,3)37-20(35)34-6-4-16(5-7-34)36-19-17(11-30)18(31-12-32-19)33-15-9-13(22(24,25)26)8-14(10-15)23(27,28)29/h8-12,16,30H,4-7H2,1-3H3,(H,31,32,33). The first-order chi connectivity index (χ1) is 17.1. The summed E-state index contributed by atoms with van der Waals surface area (Å²) in [7, 11) is 0. The van der Waals surface area contributed by atoms with Crippen LogP contribution in [0, 0.1) is 5.41 Å². The van der Waals surface area contributed by atoms with Crippen LogP contribution in [-0.4, -0.2) is 52.0 Å². The van der Waals surface area contributed by atoms with E-state index < -0.39 is 47.0 Å². The van der Waals surface area contributed by atoms with Gasteiger partial charge in [0.1, 0.15) is 23.9 Å². The SMILES string of the molecule is CC(C)(C)OC(=O)N1CCC(Oc2ncnc(Nc3cc(C(F)(F)F)cc(C(F)(F)F)c3)c2C=N)CC1. The van der Waals surface area contributed by atoms with Crippen LogP contribution in [0.15, 0.2) is 24.5 Å². The minimum Gasteiger partial charge on any atom is -0.474 e. The van der Waals surface area contributed by atoms with Crippen molar-refractivity contribution >= 4 is 23.8 Å². The third-order valence-electron chi connectivity index (χ3n) is 5.21. The van der Waals surface area contributed by atoms with Crippen LogP contribution in [0.3, 0.4) is 0 Å². The van der Waals surface area contributed by atoms with Crippen LogP contribution >= 0.6 is 0 Å². The molecule has 1 aliphatic heterocycles. The summed E-state index contributed by atoms with van der Waals surface area (Å²) in [5.74, 6) is -0.287. The summed E-state index contributed by atoms with van der Waals surface area (Å²) < 4.78 is 90.4. The Kier molecular flexibility index (Phi) is 7.89. The number of ether oxygens (including phenoxy) is 2. The van der Waals surface area contributed by atoms with Gasteiger partial charge in [0.15, 0.2) is 0 Å². The highest BCUT2D eigenvalue weighted by molar-refractivity contribution is 5.88. The maximum atomic E-state index is 13.2. The summed E-state index contributed by atoms with van der Waals surface area (Å²) in [6, 6.07) is 1.04. The maximum Gasteiger partial charge on any atom is 0.416 e. The Morgan fingerprint density at radius 2 is 1.59 bits per heavy atom. The number of carbonyl (C=O) groups excluding carboxylic acids is 1. The van der Waals surface area contributed by atoms with E-state index in [-0.39, 0.29) is 23.3 Å². The lowest BCUT2D eigenvalue weighted by Crippen LogP contribution is -2.44. The summed E-state index contributed by atoms with van der Waals surface area (Å²) in [5.41, 5.74) is -4.23. The van der Waals surface area contributed by atoms with Gasteiger partial charge >= 0.3 is 18.4 Å². The summed E-state index contributed by atoms with van der Waals surface area (Å²) in [6.45, 7) is 5.93. The van der Waals surface area contributed by atoms with Crippen LogP contribution in [0.2, 0.25) is 0 Å². The van der Waals surface area contributed by atoms with Crippen LogP contribution in [0.25, 0.3) is 0 Å². The van der Waals surface area contributed by atoms with E-state index in [9.17, 15) is 31.1 Å². The van der Waals surface area contributed by atoms with E-state index in [1.54, 1.807) is 20.8 Å². The number of rotatable bonds is 5. The van der Waals surface area contributed by atoms with Gasteiger partial charge in [-0.3, -0.25) is 0 Å². The van der Waals surface area contributed by atoms with E-state index in [1.165, 1.54) is 4.90 Å². The fourth-order valence-electron chi connectivity index (χ4n) is 3.51. The van der Waals surface area contributed by atoms with Gasteiger partial charge in [-0.15, -0.1) is 0 Å². The highest BCUT2D eigenvalue weighted by Gasteiger charge is 2.37. The van der Waals surface area contributed by atoms with Crippen molar-refractivity contribution in [2.75, 3.05) is 18.4 Å². The quantitative estimate of drug-likeness (QED) is 0.360. The molecule has 1 aliphatic rings. The van der Waals surface area contributed by atoms with Crippen molar-refractivity contribution in [2.45, 2.75) is 57.7 Å². The van der Waals surface area contributed by atoms with Crippen molar-refractivity contribution < 1.29 is 40.6 Å². The number of alkyl halides is 6. The molecule has 3 rings (SSSR count). The van der Waals surface area contributed by atoms with Crippen LogP contribution in [0.5, 0.6) is 5.88 Å². The molecule has 1 aromatic carbocycles. The van der Waals surface area contributed by atoms with Crippen molar-refractivity contribution in [3.05, 3.63) is 41.2 Å². The van der Waals surface area contributed by atoms with Crippen molar-refractivity contribution in [3.8, 4) is 5.88 Å². The molecule has 0 aliphatic carbocycles. The Bertz CT molecular complexity index is 1110. The van der Waals surface area contributed by atoms with E-state index in [1.807, 2.05) is 0 Å². The molecule has 14 heteroatoms. The molecule has 2 heterocycles. The zero-order valence-electron chi connectivity index (χ0n) is 20.1. The molecule has 0 bridgehead atoms. The number of piperidine rings is 1. The first-order valence-corrected chi connectivity index (χ1v) is 11.1. The van der Waals surface area contributed by atoms with Crippen LogP contribution < -0.4 is 10.1 Å². The lowest BCUT2D eigenvalue weighted by molar-refractivity contribution is -0.143. The molecule has 1 saturated heterocycles. The summed E-state index contributed by atoms with van der Waals surface area (Å²) in [6.07, 6.45) is -8.29. The summed E-state index contributed by atoms with van der Waals surface area (Å²) >= 11 is 0. The van der Waals surface area contributed by atoms with Gasteiger partial charge in [0.2, 0.25) is 5.88 Å². The number of nitrogens with zero attached hydrogens (tertiary/aromatic N) is 3. The van der Waals surface area contributed by atoms with E-state index in [2.05, 4.69) is 15.3 Å². The number of hydrogen-bond donors (Lipinski definition) is 2. The van der Waals surface area contributed by atoms with Crippen LogP contribution in [0.1, 0.15) is 50.3 Å². The molecule has 37 heavy (non-hydrogen) atoms. The molecule has 0 unspecified atom stereocenters. The average Bonchev–Trinajstić information content (AvgIpc) is 2.77. The Morgan fingerprint density at radius 3 is 2.08 bits per heavy atom. The lowest BCUT2D eigenvalue weighted by Gasteiger charge is -2.33. The zero-order chi connectivity index (χ0) is 27.6. The molecule has 2 N–H and O–H groups in total. The fraction of sp³-hybridized carbons (Fsp3) is 0.478. The number of halogens is 6. The minimum atomic E-state index is -5.02. The molecular formula is C23H25F6N5O3. The van der Waals surface area contributed by atoms with Crippen molar-refractivity contribution in [1.29, 1.82) is 5.41 Å². The Morgan fingerprint density at radius 1 is 1.03 bits per heavy atom. The van der Waals surface area contributed by atoms with E-state index >= 15 is 0 Å². The zero-order valence-corrected chi connectivity index (χ0v) is 20.1. The van der Waals surface area contributed by atoms with Gasteiger partial charge in [0.05, 0.1) is 16.7 Å². The molecule has 1 aromatic heterocycles. The molecule has 0 spiro atoms. The second kappa shape index (κ2) is 10.4. The molecule has 1 fully saturated rings. The summed E-state index contributed by atoms with van der Waals surface area (Å²) in [5, 5.41) is 10.1. The van der Waals surface area contributed by atoms with Crippen LogP contribution in [0.4, 0.5) is 42.6 Å². The van der Waals surface area contributed by atoms with Gasteiger partial charge in [-0.1, -0.05) is 0 Å². The number of aromatic nitrogens is 2. The third-order valence-corrected chi connectivity index (χ3v) is 5.21. The first-order valence-electron chi connectivity index (χ1n) is 11.1. The van der Waals surface area contributed by atoms with E-state index in [0.717, 1.165) is 12.5 Å². The lowest BCUT2D eigenvalue weighted by atomic mass is 10.1. The Labute approximate surface area is 208 Å². The highest BCUT2D eigenvalue weighted by Crippen LogP contribution is 2.38. The first kappa shape index (κ1) is 28.0. The van der Waals surface area contributed by atoms with Gasteiger partial charge in [0.25, 0.3) is 0 Å². The van der Waals surface area contributed by atoms with Crippen molar-refractivity contribution in [1.82, 2.24) is 14.9 Å².